The van der Waals surface area contributed by atoms with Crippen LogP contribution in [0.4, 0.5) is 0 Å². The highest BCUT2D eigenvalue weighted by molar-refractivity contribution is 5.98. The molecule has 4 fully saturated rings. The van der Waals surface area contributed by atoms with E-state index in [0.717, 1.165) is 45.2 Å². The number of likely N-dealkylation sites (tertiary alicyclic amines) is 1. The van der Waals surface area contributed by atoms with Gasteiger partial charge in [0.05, 0.1) is 5.56 Å². The van der Waals surface area contributed by atoms with Crippen LogP contribution in [0.1, 0.15) is 55.8 Å². The van der Waals surface area contributed by atoms with Crippen LogP contribution in [-0.4, -0.2) is 35.5 Å². The second-order valence-corrected chi connectivity index (χ2v) is 9.05. The normalized spacial score (nSPS) is 37.5. The van der Waals surface area contributed by atoms with Crippen molar-refractivity contribution in [2.75, 3.05) is 13.1 Å². The topological polar surface area (TPSA) is 58.6 Å². The van der Waals surface area contributed by atoms with Crippen LogP contribution in [-0.2, 0) is 4.79 Å². The quantitative estimate of drug-likeness (QED) is 0.828. The van der Waals surface area contributed by atoms with Crippen molar-refractivity contribution in [1.29, 1.82) is 0 Å². The van der Waals surface area contributed by atoms with Gasteiger partial charge in [-0.25, -0.2) is 0 Å². The number of piperidine rings is 1. The SMILES string of the molecule is C[C@H]1CCCN(C(=O)[C@@H]2C[C@@H]3CC[C@@H]2C[C@@]32NC(=O)c3ccccc3O2)C1. The lowest BCUT2D eigenvalue weighted by Crippen LogP contribution is -2.67. The average Bonchev–Trinajstić information content (AvgIpc) is 2.68. The Bertz CT molecular complexity index is 779. The Kier molecular flexibility index (Phi) is 3.95. The van der Waals surface area contributed by atoms with Crippen molar-refractivity contribution in [2.45, 2.75) is 51.2 Å². The molecule has 1 spiro atoms. The van der Waals surface area contributed by atoms with Gasteiger partial charge in [-0.3, -0.25) is 9.59 Å². The fourth-order valence-electron chi connectivity index (χ4n) is 5.89. The Morgan fingerprint density at radius 3 is 2.89 bits per heavy atom. The molecule has 1 saturated heterocycles. The fourth-order valence-corrected chi connectivity index (χ4v) is 5.89. The zero-order valence-corrected chi connectivity index (χ0v) is 15.9. The number of carbonyl (C=O) groups is 2. The minimum absolute atomic E-state index is 0.0443. The van der Waals surface area contributed by atoms with E-state index in [2.05, 4.69) is 17.1 Å². The molecule has 5 nitrogen and oxygen atoms in total. The molecule has 27 heavy (non-hydrogen) atoms. The van der Waals surface area contributed by atoms with E-state index in [-0.39, 0.29) is 17.7 Å². The highest BCUT2D eigenvalue weighted by Crippen LogP contribution is 2.52. The molecule has 2 amide bonds. The first-order valence-corrected chi connectivity index (χ1v) is 10.4. The number of para-hydroxylation sites is 1. The molecule has 1 aromatic rings. The molecular formula is C22H28N2O3. The van der Waals surface area contributed by atoms with Crippen molar-refractivity contribution in [2.24, 2.45) is 23.7 Å². The fraction of sp³-hybridized carbons (Fsp3) is 0.636. The zero-order valence-electron chi connectivity index (χ0n) is 15.9. The molecule has 0 unspecified atom stereocenters. The highest BCUT2D eigenvalue weighted by atomic mass is 16.5. The maximum atomic E-state index is 13.2. The molecule has 6 rings (SSSR count). The van der Waals surface area contributed by atoms with Gasteiger partial charge >= 0.3 is 0 Å². The van der Waals surface area contributed by atoms with Crippen LogP contribution in [0.25, 0.3) is 0 Å². The van der Waals surface area contributed by atoms with Crippen LogP contribution in [0.5, 0.6) is 5.75 Å². The van der Waals surface area contributed by atoms with Gasteiger partial charge in [-0.05, 0) is 56.1 Å². The first kappa shape index (κ1) is 17.1. The van der Waals surface area contributed by atoms with Gasteiger partial charge in [0.1, 0.15) is 5.75 Å². The molecule has 144 valence electrons. The number of hydrogen-bond donors (Lipinski definition) is 1. The van der Waals surface area contributed by atoms with Gasteiger partial charge in [-0.15, -0.1) is 0 Å². The Morgan fingerprint density at radius 1 is 1.26 bits per heavy atom. The Balaban J connectivity index is 1.36. The molecule has 0 radical (unpaired) electrons. The zero-order chi connectivity index (χ0) is 18.6. The highest BCUT2D eigenvalue weighted by Gasteiger charge is 2.57. The molecule has 5 aliphatic rings. The first-order chi connectivity index (χ1) is 13.1. The van der Waals surface area contributed by atoms with Crippen LogP contribution in [0.15, 0.2) is 24.3 Å². The molecule has 1 N–H and O–H groups in total. The minimum atomic E-state index is -0.625. The second kappa shape index (κ2) is 6.25. The van der Waals surface area contributed by atoms with Crippen LogP contribution in [0.3, 0.4) is 0 Å². The lowest BCUT2D eigenvalue weighted by Gasteiger charge is -2.55. The number of amides is 2. The molecule has 1 aromatic carbocycles. The average molecular weight is 368 g/mol. The molecule has 2 heterocycles. The van der Waals surface area contributed by atoms with E-state index in [4.69, 9.17) is 4.74 Å². The number of benzene rings is 1. The smallest absolute Gasteiger partial charge is 0.258 e. The molecular weight excluding hydrogens is 340 g/mol. The van der Waals surface area contributed by atoms with E-state index < -0.39 is 5.72 Å². The number of carbonyl (C=O) groups excluding carboxylic acids is 2. The van der Waals surface area contributed by atoms with E-state index in [1.807, 2.05) is 24.3 Å². The Labute approximate surface area is 160 Å². The van der Waals surface area contributed by atoms with Crippen LogP contribution in [0, 0.1) is 23.7 Å². The van der Waals surface area contributed by atoms with Gasteiger partial charge in [-0.2, -0.15) is 0 Å². The Hall–Kier alpha value is -2.04. The summed E-state index contributed by atoms with van der Waals surface area (Å²) in [6, 6.07) is 7.47. The summed E-state index contributed by atoms with van der Waals surface area (Å²) in [5, 5.41) is 3.18. The van der Waals surface area contributed by atoms with Gasteiger partial charge in [-0.1, -0.05) is 19.1 Å². The summed E-state index contributed by atoms with van der Waals surface area (Å²) in [5.41, 5.74) is -0.0140. The van der Waals surface area contributed by atoms with Crippen molar-refractivity contribution in [3.05, 3.63) is 29.8 Å². The number of nitrogens with zero attached hydrogens (tertiary/aromatic N) is 1. The van der Waals surface area contributed by atoms with Gasteiger partial charge < -0.3 is 15.0 Å². The van der Waals surface area contributed by atoms with Crippen molar-refractivity contribution >= 4 is 11.8 Å². The number of nitrogens with one attached hydrogen (secondary N) is 1. The lowest BCUT2D eigenvalue weighted by atomic mass is 9.59. The van der Waals surface area contributed by atoms with E-state index in [1.165, 1.54) is 6.42 Å². The van der Waals surface area contributed by atoms with Gasteiger partial charge in [0, 0.05) is 31.3 Å². The Morgan fingerprint density at radius 2 is 2.11 bits per heavy atom. The molecule has 5 heteroatoms. The summed E-state index contributed by atoms with van der Waals surface area (Å²) >= 11 is 0. The van der Waals surface area contributed by atoms with E-state index in [0.29, 0.717) is 29.1 Å². The molecule has 0 aromatic heterocycles. The number of rotatable bonds is 1. The van der Waals surface area contributed by atoms with Gasteiger partial charge in [0.25, 0.3) is 5.91 Å². The summed E-state index contributed by atoms with van der Waals surface area (Å²) in [6.07, 6.45) is 6.01. The monoisotopic (exact) mass is 368 g/mol. The molecule has 3 saturated carbocycles. The second-order valence-electron chi connectivity index (χ2n) is 9.05. The summed E-state index contributed by atoms with van der Waals surface area (Å²) in [7, 11) is 0. The third kappa shape index (κ3) is 2.74. The lowest BCUT2D eigenvalue weighted by molar-refractivity contribution is -0.156. The van der Waals surface area contributed by atoms with E-state index >= 15 is 0 Å². The first-order valence-electron chi connectivity index (χ1n) is 10.4. The number of fused-ring (bicyclic) bond motifs is 3. The third-order valence-corrected chi connectivity index (χ3v) is 7.25. The van der Waals surface area contributed by atoms with Crippen molar-refractivity contribution in [1.82, 2.24) is 10.2 Å². The van der Waals surface area contributed by atoms with Gasteiger partial charge in [0.2, 0.25) is 5.91 Å². The number of hydrogen-bond acceptors (Lipinski definition) is 3. The summed E-state index contributed by atoms with van der Waals surface area (Å²) in [5.74, 6) is 2.18. The van der Waals surface area contributed by atoms with Crippen LogP contribution >= 0.6 is 0 Å². The standard InChI is InChI=1S/C22H28N2O3/c1-14-5-4-10-24(13-14)21(26)18-11-16-9-8-15(18)12-22(16)23-20(25)17-6-2-3-7-19(17)27-22/h2-3,6-7,14-16,18H,4-5,8-13H2,1H3,(H,23,25)/t14-,15+,16-,18+,22-/m0/s1. The molecule has 3 aliphatic carbocycles. The van der Waals surface area contributed by atoms with Crippen molar-refractivity contribution in [3.8, 4) is 5.75 Å². The molecule has 5 atom stereocenters. The van der Waals surface area contributed by atoms with E-state index in [9.17, 15) is 9.59 Å². The van der Waals surface area contributed by atoms with Gasteiger partial charge in [0.15, 0.2) is 5.72 Å². The predicted molar refractivity (Wildman–Crippen MR) is 101 cm³/mol. The third-order valence-electron chi connectivity index (χ3n) is 7.25. The van der Waals surface area contributed by atoms with Crippen LogP contribution < -0.4 is 10.1 Å². The predicted octanol–water partition coefficient (Wildman–Crippen LogP) is 3.20. The van der Waals surface area contributed by atoms with Crippen molar-refractivity contribution in [3.63, 3.8) is 0 Å². The summed E-state index contributed by atoms with van der Waals surface area (Å²) < 4.78 is 6.40. The van der Waals surface area contributed by atoms with Crippen LogP contribution in [0.2, 0.25) is 0 Å². The van der Waals surface area contributed by atoms with Crippen molar-refractivity contribution < 1.29 is 14.3 Å². The number of ether oxygens (including phenoxy) is 1. The van der Waals surface area contributed by atoms with E-state index in [1.54, 1.807) is 0 Å². The maximum absolute atomic E-state index is 13.2. The summed E-state index contributed by atoms with van der Waals surface area (Å²) in [4.78, 5) is 28.0. The largest absolute Gasteiger partial charge is 0.467 e. The maximum Gasteiger partial charge on any atom is 0.258 e. The molecule has 2 bridgehead atoms. The molecule has 2 aliphatic heterocycles. The summed E-state index contributed by atoms with van der Waals surface area (Å²) in [6.45, 7) is 4.05. The minimum Gasteiger partial charge on any atom is -0.467 e.